The molecule has 2 heterocycles. The molecule has 2 fully saturated rings. The largest absolute Gasteiger partial charge is 0.496 e. The summed E-state index contributed by atoms with van der Waals surface area (Å²) in [6, 6.07) is 11.0. The van der Waals surface area contributed by atoms with Crippen molar-refractivity contribution in [2.24, 2.45) is 5.41 Å². The number of ether oxygens (including phenoxy) is 3. The van der Waals surface area contributed by atoms with Gasteiger partial charge in [-0.15, -0.1) is 0 Å². The van der Waals surface area contributed by atoms with Crippen molar-refractivity contribution < 1.29 is 14.2 Å². The van der Waals surface area contributed by atoms with E-state index in [1.807, 2.05) is 6.92 Å². The van der Waals surface area contributed by atoms with Crippen LogP contribution in [0.4, 0.5) is 0 Å². The Morgan fingerprint density at radius 2 is 1.36 bits per heavy atom. The average molecular weight is 581 g/mol. The molecule has 0 atom stereocenters. The summed E-state index contributed by atoms with van der Waals surface area (Å²) in [4.78, 5) is 5.16. The number of likely N-dealkylation sites (tertiary alicyclic amines) is 2. The number of hydrogen-bond acceptors (Lipinski definition) is 5. The van der Waals surface area contributed by atoms with Gasteiger partial charge in [-0.25, -0.2) is 0 Å². The lowest BCUT2D eigenvalue weighted by Gasteiger charge is -2.37. The minimum atomic E-state index is 0.469. The van der Waals surface area contributed by atoms with E-state index >= 15 is 0 Å². The molecule has 0 radical (unpaired) electrons. The molecule has 0 saturated carbocycles. The fourth-order valence-corrected chi connectivity index (χ4v) is 6.28. The molecular weight excluding hydrogens is 520 g/mol. The van der Waals surface area contributed by atoms with Gasteiger partial charge in [0.15, 0.2) is 0 Å². The molecule has 2 aliphatic rings. The maximum absolute atomic E-state index is 5.68. The predicted molar refractivity (Wildman–Crippen MR) is 177 cm³/mol. The van der Waals surface area contributed by atoms with E-state index in [4.69, 9.17) is 14.2 Å². The quantitative estimate of drug-likeness (QED) is 0.265. The second-order valence-corrected chi connectivity index (χ2v) is 13.6. The molecule has 2 aliphatic heterocycles. The minimum Gasteiger partial charge on any atom is -0.496 e. The van der Waals surface area contributed by atoms with E-state index in [1.165, 1.54) is 86.1 Å². The molecule has 0 amide bonds. The summed E-state index contributed by atoms with van der Waals surface area (Å²) in [5.74, 6) is 3.00. The zero-order chi connectivity index (χ0) is 30.7. The highest BCUT2D eigenvalue weighted by Gasteiger charge is 2.26. The topological polar surface area (TPSA) is 34.2 Å². The van der Waals surface area contributed by atoms with Gasteiger partial charge in [0.2, 0.25) is 0 Å². The van der Waals surface area contributed by atoms with Crippen molar-refractivity contribution in [3.05, 3.63) is 58.1 Å². The van der Waals surface area contributed by atoms with E-state index in [1.54, 1.807) is 14.2 Å². The standard InChI is InChI=1S/C19H31NO2.C18H29NO/c1-5-22-14-17-12-19(21-4)18(15(2)3)11-16(17)13-20-9-7-6-8-10-20;1-14(2)17-15(7-6-8-16(17)20-5)13-19-11-9-18(3,4)10-12-19/h11-12,15H,5-10,13-14H2,1-4H3;6-8,14H,9-13H2,1-5H3. The Labute approximate surface area is 257 Å². The molecule has 4 rings (SSSR count). The van der Waals surface area contributed by atoms with Gasteiger partial charge in [0.05, 0.1) is 20.8 Å². The van der Waals surface area contributed by atoms with Crippen LogP contribution in [-0.2, 0) is 24.4 Å². The van der Waals surface area contributed by atoms with Crippen LogP contribution in [-0.4, -0.2) is 56.8 Å². The van der Waals surface area contributed by atoms with Crippen molar-refractivity contribution in [1.29, 1.82) is 0 Å². The highest BCUT2D eigenvalue weighted by Crippen LogP contribution is 2.34. The Kier molecular flexibility index (Phi) is 13.7. The molecule has 2 saturated heterocycles. The summed E-state index contributed by atoms with van der Waals surface area (Å²) in [6.07, 6.45) is 6.63. The number of rotatable bonds is 11. The lowest BCUT2D eigenvalue weighted by Crippen LogP contribution is -2.37. The van der Waals surface area contributed by atoms with Crippen LogP contribution in [0.2, 0.25) is 0 Å². The van der Waals surface area contributed by atoms with Crippen LogP contribution in [0.25, 0.3) is 0 Å². The van der Waals surface area contributed by atoms with Crippen molar-refractivity contribution in [3.63, 3.8) is 0 Å². The number of hydrogen-bond donors (Lipinski definition) is 0. The normalized spacial score (nSPS) is 17.7. The lowest BCUT2D eigenvalue weighted by atomic mass is 9.82. The summed E-state index contributed by atoms with van der Waals surface area (Å²) < 4.78 is 16.8. The first-order valence-corrected chi connectivity index (χ1v) is 16.5. The van der Waals surface area contributed by atoms with Crippen molar-refractivity contribution in [3.8, 4) is 11.5 Å². The van der Waals surface area contributed by atoms with Gasteiger partial charge in [-0.1, -0.05) is 66.2 Å². The summed E-state index contributed by atoms with van der Waals surface area (Å²) in [5, 5.41) is 0. The SMILES string of the molecule is CCOCc1cc(OC)c(C(C)C)cc1CN1CCCCC1.COc1cccc(CN2CCC(C)(C)CC2)c1C(C)C. The number of benzene rings is 2. The zero-order valence-electron chi connectivity index (χ0n) is 28.4. The fourth-order valence-electron chi connectivity index (χ4n) is 6.28. The molecule has 42 heavy (non-hydrogen) atoms. The van der Waals surface area contributed by atoms with Crippen LogP contribution in [0.15, 0.2) is 30.3 Å². The summed E-state index contributed by atoms with van der Waals surface area (Å²) >= 11 is 0. The third-order valence-electron chi connectivity index (χ3n) is 9.04. The van der Waals surface area contributed by atoms with Crippen molar-refractivity contribution in [1.82, 2.24) is 9.80 Å². The van der Waals surface area contributed by atoms with Crippen molar-refractivity contribution >= 4 is 0 Å². The molecule has 5 nitrogen and oxygen atoms in total. The molecule has 236 valence electrons. The highest BCUT2D eigenvalue weighted by molar-refractivity contribution is 5.44. The first kappa shape index (κ1) is 34.4. The summed E-state index contributed by atoms with van der Waals surface area (Å²) in [5.41, 5.74) is 7.30. The molecule has 2 aromatic rings. The second kappa shape index (κ2) is 16.7. The second-order valence-electron chi connectivity index (χ2n) is 13.6. The lowest BCUT2D eigenvalue weighted by molar-refractivity contribution is 0.126. The Balaban J connectivity index is 0.000000231. The van der Waals surface area contributed by atoms with Gasteiger partial charge in [-0.3, -0.25) is 9.80 Å². The van der Waals surface area contributed by atoms with Gasteiger partial charge in [-0.2, -0.15) is 0 Å². The fraction of sp³-hybridized carbons (Fsp3) is 0.676. The molecule has 2 aromatic carbocycles. The van der Waals surface area contributed by atoms with Gasteiger partial charge >= 0.3 is 0 Å². The molecule has 0 unspecified atom stereocenters. The third kappa shape index (κ3) is 9.99. The number of methoxy groups -OCH3 is 2. The van der Waals surface area contributed by atoms with Crippen LogP contribution in [0.1, 0.15) is 120 Å². The van der Waals surface area contributed by atoms with E-state index in [0.29, 0.717) is 23.9 Å². The Morgan fingerprint density at radius 3 is 1.93 bits per heavy atom. The van der Waals surface area contributed by atoms with E-state index in [0.717, 1.165) is 31.2 Å². The van der Waals surface area contributed by atoms with E-state index in [2.05, 4.69) is 81.7 Å². The molecule has 0 aromatic heterocycles. The Morgan fingerprint density at radius 1 is 0.738 bits per heavy atom. The maximum atomic E-state index is 5.68. The zero-order valence-corrected chi connectivity index (χ0v) is 28.4. The van der Waals surface area contributed by atoms with Crippen LogP contribution < -0.4 is 9.47 Å². The number of piperidine rings is 2. The van der Waals surface area contributed by atoms with Crippen molar-refractivity contribution in [2.45, 2.75) is 112 Å². The molecule has 5 heteroatoms. The Bertz CT molecular complexity index is 1080. The van der Waals surface area contributed by atoms with E-state index < -0.39 is 0 Å². The summed E-state index contributed by atoms with van der Waals surface area (Å²) in [7, 11) is 3.53. The molecular formula is C37H60N2O3. The van der Waals surface area contributed by atoms with E-state index in [9.17, 15) is 0 Å². The maximum Gasteiger partial charge on any atom is 0.122 e. The molecule has 0 aliphatic carbocycles. The third-order valence-corrected chi connectivity index (χ3v) is 9.04. The van der Waals surface area contributed by atoms with Gasteiger partial charge in [-0.05, 0) is 110 Å². The minimum absolute atomic E-state index is 0.469. The average Bonchev–Trinajstić information content (AvgIpc) is 2.97. The molecule has 0 N–H and O–H groups in total. The first-order chi connectivity index (χ1) is 20.1. The highest BCUT2D eigenvalue weighted by atomic mass is 16.5. The van der Waals surface area contributed by atoms with Crippen LogP contribution in [0, 0.1) is 5.41 Å². The number of nitrogens with zero attached hydrogens (tertiary/aromatic N) is 2. The summed E-state index contributed by atoms with van der Waals surface area (Å²) in [6.45, 7) is 24.1. The monoisotopic (exact) mass is 580 g/mol. The van der Waals surface area contributed by atoms with Gasteiger partial charge in [0.25, 0.3) is 0 Å². The van der Waals surface area contributed by atoms with Gasteiger partial charge < -0.3 is 14.2 Å². The van der Waals surface area contributed by atoms with Crippen LogP contribution in [0.5, 0.6) is 11.5 Å². The van der Waals surface area contributed by atoms with Gasteiger partial charge in [0.1, 0.15) is 11.5 Å². The van der Waals surface area contributed by atoms with Gasteiger partial charge in [0, 0.05) is 25.3 Å². The molecule has 0 spiro atoms. The van der Waals surface area contributed by atoms with Crippen LogP contribution >= 0.6 is 0 Å². The van der Waals surface area contributed by atoms with E-state index in [-0.39, 0.29) is 0 Å². The first-order valence-electron chi connectivity index (χ1n) is 16.5. The predicted octanol–water partition coefficient (Wildman–Crippen LogP) is 8.78. The smallest absolute Gasteiger partial charge is 0.122 e. The van der Waals surface area contributed by atoms with Crippen LogP contribution in [0.3, 0.4) is 0 Å². The van der Waals surface area contributed by atoms with Crippen molar-refractivity contribution in [2.75, 3.05) is 47.0 Å². The molecule has 0 bridgehead atoms. The Hall–Kier alpha value is -2.08.